The minimum absolute atomic E-state index is 0.150. The first-order chi connectivity index (χ1) is 15.8. The Morgan fingerprint density at radius 3 is 2.21 bits per heavy atom. The van der Waals surface area contributed by atoms with Crippen molar-refractivity contribution in [3.63, 3.8) is 0 Å². The monoisotopic (exact) mass is 487 g/mol. The Hall–Kier alpha value is -2.78. The zero-order chi connectivity index (χ0) is 23.4. The van der Waals surface area contributed by atoms with Gasteiger partial charge in [0, 0.05) is 36.9 Å². The van der Waals surface area contributed by atoms with E-state index in [0.717, 1.165) is 5.56 Å². The molecular weight excluding hydrogens is 465 g/mol. The van der Waals surface area contributed by atoms with Crippen molar-refractivity contribution >= 4 is 33.2 Å². The van der Waals surface area contributed by atoms with E-state index in [2.05, 4.69) is 5.32 Å². The SMILES string of the molecule is O=C(Nc1ccc(F)cc1)[C@@H](c1ccccc1)N1CCN(S(=O)(=O)c2cccc(Cl)c2)CC1. The summed E-state index contributed by atoms with van der Waals surface area (Å²) < 4.78 is 40.7. The van der Waals surface area contributed by atoms with Crippen LogP contribution in [0.1, 0.15) is 11.6 Å². The first-order valence-electron chi connectivity index (χ1n) is 10.5. The number of rotatable bonds is 6. The molecule has 1 fully saturated rings. The molecule has 6 nitrogen and oxygen atoms in total. The number of nitrogens with zero attached hydrogens (tertiary/aromatic N) is 2. The number of sulfonamides is 1. The van der Waals surface area contributed by atoms with E-state index in [1.807, 2.05) is 35.2 Å². The lowest BCUT2D eigenvalue weighted by atomic mass is 10.0. The minimum Gasteiger partial charge on any atom is -0.324 e. The molecule has 1 aliphatic heterocycles. The van der Waals surface area contributed by atoms with Crippen LogP contribution < -0.4 is 5.32 Å². The van der Waals surface area contributed by atoms with Crippen LogP contribution >= 0.6 is 11.6 Å². The number of anilines is 1. The normalized spacial score (nSPS) is 16.3. The molecule has 9 heteroatoms. The molecule has 1 atom stereocenters. The number of hydrogen-bond donors (Lipinski definition) is 1. The Morgan fingerprint density at radius 2 is 1.58 bits per heavy atom. The summed E-state index contributed by atoms with van der Waals surface area (Å²) in [5.74, 6) is -0.649. The molecular formula is C24H23ClFN3O3S. The number of amides is 1. The van der Waals surface area contributed by atoms with E-state index in [9.17, 15) is 17.6 Å². The second kappa shape index (κ2) is 10.0. The first-order valence-corrected chi connectivity index (χ1v) is 12.3. The van der Waals surface area contributed by atoms with E-state index in [-0.39, 0.29) is 29.7 Å². The molecule has 172 valence electrons. The summed E-state index contributed by atoms with van der Waals surface area (Å²) in [6.07, 6.45) is 0. The third-order valence-corrected chi connectivity index (χ3v) is 7.68. The van der Waals surface area contributed by atoms with Crippen molar-refractivity contribution in [2.45, 2.75) is 10.9 Å². The van der Waals surface area contributed by atoms with Crippen LogP contribution in [-0.2, 0) is 14.8 Å². The summed E-state index contributed by atoms with van der Waals surface area (Å²) in [6.45, 7) is 1.22. The highest BCUT2D eigenvalue weighted by Crippen LogP contribution is 2.27. The van der Waals surface area contributed by atoms with Crippen LogP contribution in [0, 0.1) is 5.82 Å². The van der Waals surface area contributed by atoms with E-state index >= 15 is 0 Å². The predicted octanol–water partition coefficient (Wildman–Crippen LogP) is 4.17. The highest BCUT2D eigenvalue weighted by Gasteiger charge is 2.34. The molecule has 1 aliphatic rings. The Labute approximate surface area is 197 Å². The van der Waals surface area contributed by atoms with Crippen molar-refractivity contribution in [2.75, 3.05) is 31.5 Å². The Kier molecular flexibility index (Phi) is 7.09. The van der Waals surface area contributed by atoms with Gasteiger partial charge in [-0.25, -0.2) is 12.8 Å². The van der Waals surface area contributed by atoms with Crippen LogP contribution in [0.2, 0.25) is 5.02 Å². The van der Waals surface area contributed by atoms with E-state index in [4.69, 9.17) is 11.6 Å². The highest BCUT2D eigenvalue weighted by molar-refractivity contribution is 7.89. The fourth-order valence-electron chi connectivity index (χ4n) is 3.89. The molecule has 33 heavy (non-hydrogen) atoms. The molecule has 0 saturated carbocycles. The predicted molar refractivity (Wildman–Crippen MR) is 126 cm³/mol. The van der Waals surface area contributed by atoms with E-state index < -0.39 is 16.1 Å². The molecule has 0 bridgehead atoms. The second-order valence-electron chi connectivity index (χ2n) is 7.71. The lowest BCUT2D eigenvalue weighted by Gasteiger charge is -2.38. The van der Waals surface area contributed by atoms with Gasteiger partial charge in [0.2, 0.25) is 15.9 Å². The van der Waals surface area contributed by atoms with Gasteiger partial charge in [-0.2, -0.15) is 4.31 Å². The summed E-state index contributed by atoms with van der Waals surface area (Å²) in [4.78, 5) is 15.3. The lowest BCUT2D eigenvalue weighted by molar-refractivity contribution is -0.122. The lowest BCUT2D eigenvalue weighted by Crippen LogP contribution is -2.51. The number of hydrogen-bond acceptors (Lipinski definition) is 4. The topological polar surface area (TPSA) is 69.7 Å². The fourth-order valence-corrected chi connectivity index (χ4v) is 5.61. The maximum atomic E-state index is 13.2. The zero-order valence-electron chi connectivity index (χ0n) is 17.7. The number of carbonyl (C=O) groups excluding carboxylic acids is 1. The van der Waals surface area contributed by atoms with Gasteiger partial charge in [-0.15, -0.1) is 0 Å². The molecule has 1 saturated heterocycles. The number of carbonyl (C=O) groups is 1. The number of piperazine rings is 1. The van der Waals surface area contributed by atoms with Crippen molar-refractivity contribution in [1.82, 2.24) is 9.21 Å². The first kappa shape index (κ1) is 23.4. The van der Waals surface area contributed by atoms with Crippen LogP contribution in [0.25, 0.3) is 0 Å². The molecule has 3 aromatic carbocycles. The number of benzene rings is 3. The number of halogens is 2. The van der Waals surface area contributed by atoms with Gasteiger partial charge in [0.15, 0.2) is 0 Å². The van der Waals surface area contributed by atoms with Crippen LogP contribution in [0.15, 0.2) is 83.8 Å². The third-order valence-electron chi connectivity index (χ3n) is 5.55. The highest BCUT2D eigenvalue weighted by atomic mass is 35.5. The van der Waals surface area contributed by atoms with Crippen LogP contribution in [0.4, 0.5) is 10.1 Å². The van der Waals surface area contributed by atoms with Crippen molar-refractivity contribution in [3.8, 4) is 0 Å². The van der Waals surface area contributed by atoms with E-state index in [0.29, 0.717) is 23.8 Å². The standard InChI is InChI=1S/C24H23ClFN3O3S/c25-19-7-4-8-22(17-19)33(31,32)29-15-13-28(14-16-29)23(18-5-2-1-3-6-18)24(30)27-21-11-9-20(26)10-12-21/h1-12,17,23H,13-16H2,(H,27,30)/t23-/m1/s1. The third kappa shape index (κ3) is 5.42. The molecule has 0 spiro atoms. The average Bonchev–Trinajstić information content (AvgIpc) is 2.82. The second-order valence-corrected chi connectivity index (χ2v) is 10.1. The smallest absolute Gasteiger partial charge is 0.246 e. The summed E-state index contributed by atoms with van der Waals surface area (Å²) in [5, 5.41) is 3.20. The minimum atomic E-state index is -3.69. The Morgan fingerprint density at radius 1 is 0.909 bits per heavy atom. The summed E-state index contributed by atoms with van der Waals surface area (Å²) in [7, 11) is -3.69. The van der Waals surface area contributed by atoms with Crippen molar-refractivity contribution in [2.24, 2.45) is 0 Å². The van der Waals surface area contributed by atoms with E-state index in [1.165, 1.54) is 40.7 Å². The molecule has 3 aromatic rings. The molecule has 1 N–H and O–H groups in total. The van der Waals surface area contributed by atoms with E-state index in [1.54, 1.807) is 12.1 Å². The fraction of sp³-hybridized carbons (Fsp3) is 0.208. The van der Waals surface area contributed by atoms with Crippen molar-refractivity contribution in [1.29, 1.82) is 0 Å². The average molecular weight is 488 g/mol. The maximum absolute atomic E-state index is 13.2. The molecule has 0 unspecified atom stereocenters. The van der Waals surface area contributed by atoms with Gasteiger partial charge in [0.05, 0.1) is 4.90 Å². The van der Waals surface area contributed by atoms with Crippen molar-refractivity contribution < 1.29 is 17.6 Å². The maximum Gasteiger partial charge on any atom is 0.246 e. The summed E-state index contributed by atoms with van der Waals surface area (Å²) in [6, 6.07) is 20.5. The number of nitrogens with one attached hydrogen (secondary N) is 1. The molecule has 1 amide bonds. The molecule has 0 radical (unpaired) electrons. The Balaban J connectivity index is 1.52. The Bertz CT molecular complexity index is 1220. The van der Waals surface area contributed by atoms with Gasteiger partial charge in [0.1, 0.15) is 11.9 Å². The van der Waals surface area contributed by atoms with Gasteiger partial charge >= 0.3 is 0 Å². The summed E-state index contributed by atoms with van der Waals surface area (Å²) in [5.41, 5.74) is 1.28. The van der Waals surface area contributed by atoms with Gasteiger partial charge in [-0.3, -0.25) is 9.69 Å². The largest absolute Gasteiger partial charge is 0.324 e. The van der Waals surface area contributed by atoms with Gasteiger partial charge in [0.25, 0.3) is 0 Å². The molecule has 1 heterocycles. The van der Waals surface area contributed by atoms with Gasteiger partial charge in [-0.05, 0) is 48.0 Å². The van der Waals surface area contributed by atoms with Gasteiger partial charge in [-0.1, -0.05) is 48.0 Å². The van der Waals surface area contributed by atoms with Crippen LogP contribution in [-0.4, -0.2) is 49.7 Å². The summed E-state index contributed by atoms with van der Waals surface area (Å²) >= 11 is 5.98. The van der Waals surface area contributed by atoms with Crippen LogP contribution in [0.5, 0.6) is 0 Å². The molecule has 0 aromatic heterocycles. The quantitative estimate of drug-likeness (QED) is 0.566. The molecule has 4 rings (SSSR count). The van der Waals surface area contributed by atoms with Gasteiger partial charge < -0.3 is 5.32 Å². The zero-order valence-corrected chi connectivity index (χ0v) is 19.3. The molecule has 0 aliphatic carbocycles. The van der Waals surface area contributed by atoms with Crippen LogP contribution in [0.3, 0.4) is 0 Å². The van der Waals surface area contributed by atoms with Crippen molar-refractivity contribution in [3.05, 3.63) is 95.3 Å².